The zero-order valence-electron chi connectivity index (χ0n) is 23.1. The van der Waals surface area contributed by atoms with E-state index in [0.717, 1.165) is 23.3 Å². The van der Waals surface area contributed by atoms with Crippen LogP contribution in [-0.2, 0) is 14.3 Å². The molecule has 0 aliphatic carbocycles. The minimum Gasteiger partial charge on any atom is -0.507 e. The second-order valence-electron chi connectivity index (χ2n) is 9.01. The van der Waals surface area contributed by atoms with Gasteiger partial charge in [0, 0.05) is 5.56 Å². The first-order valence-electron chi connectivity index (χ1n) is 12.5. The molecule has 0 saturated carbocycles. The predicted molar refractivity (Wildman–Crippen MR) is 149 cm³/mol. The average Bonchev–Trinajstić information content (AvgIpc) is 3.47. The van der Waals surface area contributed by atoms with Gasteiger partial charge in [-0.05, 0) is 61.7 Å². The van der Waals surface area contributed by atoms with E-state index in [4.69, 9.17) is 18.9 Å². The fourth-order valence-electron chi connectivity index (χ4n) is 4.46. The van der Waals surface area contributed by atoms with Crippen LogP contribution in [0.4, 0.5) is 5.13 Å². The van der Waals surface area contributed by atoms with Crippen LogP contribution in [0.15, 0.2) is 42.0 Å². The van der Waals surface area contributed by atoms with Crippen LogP contribution in [0.2, 0.25) is 0 Å². The monoisotopic (exact) mass is 566 g/mol. The number of ether oxygens (including phenoxy) is 4. The Bertz CT molecular complexity index is 1510. The summed E-state index contributed by atoms with van der Waals surface area (Å²) < 4.78 is 21.4. The van der Waals surface area contributed by atoms with Crippen molar-refractivity contribution in [3.05, 3.63) is 69.2 Å². The zero-order valence-corrected chi connectivity index (χ0v) is 23.9. The van der Waals surface area contributed by atoms with E-state index in [-0.39, 0.29) is 21.3 Å². The Balaban J connectivity index is 1.93. The summed E-state index contributed by atoms with van der Waals surface area (Å²) in [4.78, 5) is 45.1. The number of ketones is 1. The molecule has 1 N–H and O–H groups in total. The maximum Gasteiger partial charge on any atom is 0.350 e. The Kier molecular flexibility index (Phi) is 8.43. The topological polar surface area (TPSA) is 124 Å². The molecule has 1 aliphatic heterocycles. The van der Waals surface area contributed by atoms with Crippen LogP contribution in [-0.4, -0.2) is 55.7 Å². The molecule has 4 rings (SSSR count). The number of amides is 1. The van der Waals surface area contributed by atoms with Crippen molar-refractivity contribution in [3.63, 3.8) is 0 Å². The van der Waals surface area contributed by atoms with Crippen molar-refractivity contribution in [1.29, 1.82) is 0 Å². The van der Waals surface area contributed by atoms with E-state index >= 15 is 0 Å². The largest absolute Gasteiger partial charge is 0.507 e. The Morgan fingerprint density at radius 3 is 2.35 bits per heavy atom. The van der Waals surface area contributed by atoms with Crippen LogP contribution >= 0.6 is 11.3 Å². The number of hydrogen-bond donors (Lipinski definition) is 1. The maximum absolute atomic E-state index is 13.5. The number of methoxy groups -OCH3 is 3. The highest BCUT2D eigenvalue weighted by Crippen LogP contribution is 2.45. The van der Waals surface area contributed by atoms with E-state index in [2.05, 4.69) is 4.98 Å². The van der Waals surface area contributed by atoms with Crippen molar-refractivity contribution in [2.24, 2.45) is 0 Å². The molecule has 10 nitrogen and oxygen atoms in total. The first-order chi connectivity index (χ1) is 19.2. The van der Waals surface area contributed by atoms with Crippen molar-refractivity contribution in [3.8, 4) is 17.2 Å². The van der Waals surface area contributed by atoms with E-state index in [1.807, 2.05) is 13.8 Å². The van der Waals surface area contributed by atoms with E-state index in [1.165, 1.54) is 26.2 Å². The summed E-state index contributed by atoms with van der Waals surface area (Å²) in [5.74, 6) is -1.29. The predicted octanol–water partition coefficient (Wildman–Crippen LogP) is 4.98. The number of hydrogen-bond acceptors (Lipinski definition) is 10. The van der Waals surface area contributed by atoms with Crippen LogP contribution in [0.25, 0.3) is 5.76 Å². The third kappa shape index (κ3) is 5.12. The Morgan fingerprint density at radius 2 is 1.73 bits per heavy atom. The van der Waals surface area contributed by atoms with Gasteiger partial charge >= 0.3 is 11.9 Å². The molecule has 0 radical (unpaired) electrons. The van der Waals surface area contributed by atoms with Crippen molar-refractivity contribution in [2.75, 3.05) is 32.8 Å². The number of thiazole rings is 1. The lowest BCUT2D eigenvalue weighted by molar-refractivity contribution is -0.132. The van der Waals surface area contributed by atoms with Crippen molar-refractivity contribution in [2.45, 2.75) is 33.2 Å². The van der Waals surface area contributed by atoms with Gasteiger partial charge in [-0.15, -0.1) is 0 Å². The molecule has 2 heterocycles. The summed E-state index contributed by atoms with van der Waals surface area (Å²) in [5, 5.41) is 11.6. The molecular formula is C29H30N2O8S. The number of benzene rings is 2. The molecule has 1 aliphatic rings. The van der Waals surface area contributed by atoms with Crippen LogP contribution in [0.1, 0.15) is 51.4 Å². The molecule has 0 spiro atoms. The summed E-state index contributed by atoms with van der Waals surface area (Å²) in [7, 11) is 4.21. The summed E-state index contributed by atoms with van der Waals surface area (Å²) in [6.45, 7) is 5.98. The molecule has 210 valence electrons. The van der Waals surface area contributed by atoms with Gasteiger partial charge in [-0.25, -0.2) is 9.78 Å². The number of carbonyl (C=O) groups excluding carboxylic acids is 3. The van der Waals surface area contributed by atoms with Crippen LogP contribution in [0.5, 0.6) is 17.2 Å². The summed E-state index contributed by atoms with van der Waals surface area (Å²) >= 11 is 0.923. The fraction of sp³-hybridized carbons (Fsp3) is 0.310. The van der Waals surface area contributed by atoms with Gasteiger partial charge in [0.05, 0.1) is 45.2 Å². The molecule has 1 unspecified atom stereocenters. The normalized spacial score (nSPS) is 16.2. The molecule has 2 aromatic carbocycles. The molecule has 1 atom stereocenters. The minimum atomic E-state index is -1.08. The van der Waals surface area contributed by atoms with Gasteiger partial charge in [0.2, 0.25) is 0 Å². The number of aliphatic hydroxyl groups excluding tert-OH is 1. The lowest BCUT2D eigenvalue weighted by atomic mass is 9.94. The summed E-state index contributed by atoms with van der Waals surface area (Å²) in [5.41, 5.74) is 1.78. The van der Waals surface area contributed by atoms with E-state index in [0.29, 0.717) is 40.7 Å². The highest BCUT2D eigenvalue weighted by molar-refractivity contribution is 7.17. The highest BCUT2D eigenvalue weighted by Gasteiger charge is 2.48. The van der Waals surface area contributed by atoms with E-state index in [1.54, 1.807) is 43.3 Å². The summed E-state index contributed by atoms with van der Waals surface area (Å²) in [6, 6.07) is 8.92. The van der Waals surface area contributed by atoms with E-state index in [9.17, 15) is 19.5 Å². The molecule has 0 bridgehead atoms. The maximum atomic E-state index is 13.5. The number of Topliss-reactive ketones (excluding diaryl/α,β-unsaturated/α-hetero) is 1. The highest BCUT2D eigenvalue weighted by atomic mass is 32.1. The Labute approximate surface area is 235 Å². The number of esters is 1. The average molecular weight is 567 g/mol. The summed E-state index contributed by atoms with van der Waals surface area (Å²) in [6.07, 6.45) is 0.837. The van der Waals surface area contributed by atoms with Crippen molar-refractivity contribution >= 4 is 39.9 Å². The number of aliphatic hydroxyl groups is 1. The van der Waals surface area contributed by atoms with Gasteiger partial charge < -0.3 is 24.1 Å². The second-order valence-corrected chi connectivity index (χ2v) is 9.99. The number of nitrogens with zero attached hydrogens (tertiary/aromatic N) is 2. The molecular weight excluding hydrogens is 536 g/mol. The lowest BCUT2D eigenvalue weighted by Crippen LogP contribution is -2.29. The van der Waals surface area contributed by atoms with Crippen molar-refractivity contribution < 1.29 is 38.4 Å². The van der Waals surface area contributed by atoms with Gasteiger partial charge in [-0.3, -0.25) is 14.5 Å². The molecule has 40 heavy (non-hydrogen) atoms. The standard InChI is InChI=1S/C29H30N2O8S/c1-7-12-39-19-10-9-18(13-15(19)2)24(32)22-23(17-8-11-20(36-4)21(14-17)37-5)31(27(34)25(22)33)29-30-16(3)26(40-29)28(35)38-6/h8-11,13-14,23,32H,7,12H2,1-6H3. The first kappa shape index (κ1) is 28.6. The molecule has 11 heteroatoms. The third-order valence-electron chi connectivity index (χ3n) is 6.44. The van der Waals surface area contributed by atoms with Gasteiger partial charge in [0.1, 0.15) is 16.4 Å². The number of rotatable bonds is 9. The zero-order chi connectivity index (χ0) is 29.1. The number of aryl methyl sites for hydroxylation is 2. The van der Waals surface area contributed by atoms with Crippen molar-refractivity contribution in [1.82, 2.24) is 4.98 Å². The SMILES string of the molecule is CCCOc1ccc(C(O)=C2C(=O)C(=O)N(c3nc(C)c(C(=O)OC)s3)C2c2ccc(OC)c(OC)c2)cc1C. The Hall–Kier alpha value is -4.38. The molecule has 1 fully saturated rings. The van der Waals surface area contributed by atoms with Gasteiger partial charge in [0.25, 0.3) is 5.78 Å². The third-order valence-corrected chi connectivity index (χ3v) is 7.58. The minimum absolute atomic E-state index is 0.110. The number of carbonyl (C=O) groups is 3. The first-order valence-corrected chi connectivity index (χ1v) is 13.3. The second kappa shape index (κ2) is 11.8. The lowest BCUT2D eigenvalue weighted by Gasteiger charge is -2.24. The smallest absolute Gasteiger partial charge is 0.350 e. The van der Waals surface area contributed by atoms with Crippen LogP contribution < -0.4 is 19.1 Å². The van der Waals surface area contributed by atoms with E-state index < -0.39 is 23.7 Å². The number of aromatic nitrogens is 1. The quantitative estimate of drug-likeness (QED) is 0.165. The number of anilines is 1. The molecule has 1 amide bonds. The van der Waals surface area contributed by atoms with Crippen LogP contribution in [0.3, 0.4) is 0 Å². The molecule has 1 aromatic heterocycles. The molecule has 1 saturated heterocycles. The fourth-order valence-corrected chi connectivity index (χ4v) is 5.47. The van der Waals surface area contributed by atoms with Crippen LogP contribution in [0, 0.1) is 13.8 Å². The van der Waals surface area contributed by atoms with Gasteiger partial charge in [-0.1, -0.05) is 24.3 Å². The Morgan fingerprint density at radius 1 is 1.02 bits per heavy atom. The van der Waals surface area contributed by atoms with Gasteiger partial charge in [0.15, 0.2) is 16.6 Å². The molecule has 3 aromatic rings. The van der Waals surface area contributed by atoms with Gasteiger partial charge in [-0.2, -0.15) is 0 Å².